The number of rotatable bonds is 40. The number of carbonyl (C=O) groups is 1. The second-order valence-electron chi connectivity index (χ2n) is 14.0. The summed E-state index contributed by atoms with van der Waals surface area (Å²) in [6.07, 6.45) is 43.5. The molecule has 0 aliphatic heterocycles. The molecule has 0 spiro atoms. The summed E-state index contributed by atoms with van der Waals surface area (Å²) < 4.78 is 33.3. The van der Waals surface area contributed by atoms with Crippen molar-refractivity contribution in [1.82, 2.24) is 0 Å². The largest absolute Gasteiger partial charge is 0.472 e. The first kappa shape index (κ1) is 51.4. The smallest absolute Gasteiger partial charge is 0.457 e. The van der Waals surface area contributed by atoms with Crippen molar-refractivity contribution in [3.63, 3.8) is 0 Å². The van der Waals surface area contributed by atoms with Gasteiger partial charge in [0.15, 0.2) is 0 Å². The lowest BCUT2D eigenvalue weighted by molar-refractivity contribution is -0.154. The van der Waals surface area contributed by atoms with Crippen molar-refractivity contribution < 1.29 is 43.0 Å². The van der Waals surface area contributed by atoms with Gasteiger partial charge in [0.05, 0.1) is 26.4 Å². The number of hydrogen-bond acceptors (Lipinski definition) is 8. The molecule has 53 heavy (non-hydrogen) atoms. The van der Waals surface area contributed by atoms with Crippen LogP contribution in [0, 0.1) is 0 Å². The van der Waals surface area contributed by atoms with Crippen LogP contribution < -0.4 is 0 Å². The predicted octanol–water partition coefficient (Wildman–Crippen LogP) is 11.4. The molecule has 3 atom stereocenters. The average molecular weight is 771 g/mol. The number of phosphoric acid groups is 1. The number of hydrogen-bond donors (Lipinski definition) is 3. The molecule has 3 unspecified atom stereocenters. The summed E-state index contributed by atoms with van der Waals surface area (Å²) in [5.41, 5.74) is 0. The Bertz CT molecular complexity index is 965. The molecule has 0 bridgehead atoms. The highest BCUT2D eigenvalue weighted by molar-refractivity contribution is 7.47. The number of carbonyl (C=O) groups excluding carboxylic acids is 1. The van der Waals surface area contributed by atoms with Crippen molar-refractivity contribution in [2.45, 2.75) is 187 Å². The third kappa shape index (κ3) is 39.9. The van der Waals surface area contributed by atoms with Crippen LogP contribution in [0.1, 0.15) is 174 Å². The Balaban J connectivity index is 4.23. The number of ether oxygens (including phenoxy) is 2. The van der Waals surface area contributed by atoms with Crippen LogP contribution >= 0.6 is 7.82 Å². The van der Waals surface area contributed by atoms with E-state index in [4.69, 9.17) is 23.6 Å². The second-order valence-corrected chi connectivity index (χ2v) is 15.4. The maximum Gasteiger partial charge on any atom is 0.472 e. The third-order valence-electron chi connectivity index (χ3n) is 8.78. The van der Waals surface area contributed by atoms with E-state index in [0.29, 0.717) is 6.61 Å². The summed E-state index contributed by atoms with van der Waals surface area (Å²) in [6, 6.07) is 0. The lowest BCUT2D eigenvalue weighted by Crippen LogP contribution is -2.29. The Morgan fingerprint density at radius 1 is 0.604 bits per heavy atom. The minimum atomic E-state index is -4.52. The Morgan fingerprint density at radius 2 is 1.08 bits per heavy atom. The minimum Gasteiger partial charge on any atom is -0.457 e. The molecule has 0 aromatic rings. The number of aliphatic hydroxyl groups excluding tert-OH is 2. The van der Waals surface area contributed by atoms with E-state index in [9.17, 15) is 19.4 Å². The molecule has 0 saturated carbocycles. The van der Waals surface area contributed by atoms with Gasteiger partial charge < -0.3 is 24.6 Å². The molecular formula is C43H79O9P. The van der Waals surface area contributed by atoms with Crippen molar-refractivity contribution in [1.29, 1.82) is 0 Å². The molecule has 0 aliphatic rings. The van der Waals surface area contributed by atoms with Gasteiger partial charge in [-0.25, -0.2) is 4.57 Å². The fraction of sp³-hybridized carbons (Fsp3) is 0.791. The van der Waals surface area contributed by atoms with Gasteiger partial charge >= 0.3 is 13.8 Å². The Morgan fingerprint density at radius 3 is 1.60 bits per heavy atom. The lowest BCUT2D eigenvalue weighted by atomic mass is 10.0. The van der Waals surface area contributed by atoms with Gasteiger partial charge in [0.25, 0.3) is 0 Å². The molecule has 0 saturated heterocycles. The van der Waals surface area contributed by atoms with E-state index in [2.05, 4.69) is 62.5 Å². The first-order chi connectivity index (χ1) is 25.8. The molecule has 9 nitrogen and oxygen atoms in total. The molecule has 0 heterocycles. The van der Waals surface area contributed by atoms with Crippen LogP contribution in [0.2, 0.25) is 0 Å². The van der Waals surface area contributed by atoms with Crippen molar-refractivity contribution >= 4 is 13.8 Å². The van der Waals surface area contributed by atoms with Gasteiger partial charge in [-0.05, 0) is 51.4 Å². The molecule has 310 valence electrons. The Hall–Kier alpha value is -1.58. The number of aliphatic hydroxyl groups is 2. The van der Waals surface area contributed by atoms with E-state index in [1.54, 1.807) is 0 Å². The predicted molar refractivity (Wildman–Crippen MR) is 219 cm³/mol. The fourth-order valence-corrected chi connectivity index (χ4v) is 6.37. The second kappa shape index (κ2) is 40.1. The summed E-state index contributed by atoms with van der Waals surface area (Å²) in [4.78, 5) is 22.6. The molecule has 0 fully saturated rings. The molecular weight excluding hydrogens is 691 g/mol. The molecule has 0 aromatic heterocycles. The van der Waals surface area contributed by atoms with Gasteiger partial charge in [-0.15, -0.1) is 0 Å². The van der Waals surface area contributed by atoms with E-state index in [0.717, 1.165) is 70.6 Å². The van der Waals surface area contributed by atoms with Crippen LogP contribution in [0.5, 0.6) is 0 Å². The standard InChI is InChI=1S/C43H79O9P/c1-3-5-7-9-11-13-15-17-19-21-23-25-27-29-31-33-35-43(46)52-42(40-51-53(47,48)50-38-41(45)37-44)39-49-36-34-32-30-28-26-24-22-20-18-16-14-12-10-8-6-4-2/h6,8,12,14,18,20,24,26,41-42,44-45H,3-5,7,9-11,13,15-17,19,21-23,25,27-40H2,1-2H3,(H,47,48)/b8-6-,14-12-,20-18-,26-24-. The van der Waals surface area contributed by atoms with Gasteiger partial charge in [-0.1, -0.05) is 165 Å². The van der Waals surface area contributed by atoms with Gasteiger partial charge in [-0.3, -0.25) is 13.8 Å². The van der Waals surface area contributed by atoms with Gasteiger partial charge in [-0.2, -0.15) is 0 Å². The van der Waals surface area contributed by atoms with Crippen LogP contribution in [0.4, 0.5) is 0 Å². The van der Waals surface area contributed by atoms with Crippen LogP contribution in [-0.2, 0) is 27.9 Å². The van der Waals surface area contributed by atoms with Crippen molar-refractivity contribution in [2.75, 3.05) is 33.0 Å². The highest BCUT2D eigenvalue weighted by atomic mass is 31.2. The first-order valence-corrected chi connectivity index (χ1v) is 22.6. The summed E-state index contributed by atoms with van der Waals surface area (Å²) in [6.45, 7) is 3.33. The maximum absolute atomic E-state index is 12.6. The normalized spacial score (nSPS) is 14.6. The van der Waals surface area contributed by atoms with Gasteiger partial charge in [0, 0.05) is 13.0 Å². The SMILES string of the molecule is CC/C=C\C/C=C\C/C=C\C/C=C\CCCCCOCC(COP(=O)(O)OCC(O)CO)OC(=O)CCCCCCCCCCCCCCCCCC. The fourth-order valence-electron chi connectivity index (χ4n) is 5.58. The topological polar surface area (TPSA) is 132 Å². The number of allylic oxidation sites excluding steroid dienone is 8. The maximum atomic E-state index is 12.6. The van der Waals surface area contributed by atoms with E-state index in [1.165, 1.54) is 83.5 Å². The molecule has 3 N–H and O–H groups in total. The molecule has 0 aliphatic carbocycles. The summed E-state index contributed by atoms with van der Waals surface area (Å²) in [7, 11) is -4.52. The van der Waals surface area contributed by atoms with E-state index >= 15 is 0 Å². The minimum absolute atomic E-state index is 0.0286. The highest BCUT2D eigenvalue weighted by Crippen LogP contribution is 2.43. The van der Waals surface area contributed by atoms with Crippen molar-refractivity contribution in [2.24, 2.45) is 0 Å². The summed E-state index contributed by atoms with van der Waals surface area (Å²) in [5, 5.41) is 18.3. The van der Waals surface area contributed by atoms with Gasteiger partial charge in [0.1, 0.15) is 12.2 Å². The quantitative estimate of drug-likeness (QED) is 0.0241. The molecule has 0 rings (SSSR count). The van der Waals surface area contributed by atoms with Crippen LogP contribution in [0.3, 0.4) is 0 Å². The zero-order chi connectivity index (χ0) is 38.9. The molecule has 0 aromatic carbocycles. The van der Waals surface area contributed by atoms with Crippen LogP contribution in [0.25, 0.3) is 0 Å². The Labute approximate surface area is 324 Å². The summed E-state index contributed by atoms with van der Waals surface area (Å²) >= 11 is 0. The van der Waals surface area contributed by atoms with E-state index in [-0.39, 0.29) is 19.6 Å². The molecule has 10 heteroatoms. The monoisotopic (exact) mass is 771 g/mol. The first-order valence-electron chi connectivity index (χ1n) is 21.1. The molecule has 0 amide bonds. The molecule has 0 radical (unpaired) electrons. The average Bonchev–Trinajstić information content (AvgIpc) is 3.15. The number of unbranched alkanes of at least 4 members (excludes halogenated alkanes) is 18. The van der Waals surface area contributed by atoms with Crippen molar-refractivity contribution in [3.05, 3.63) is 48.6 Å². The lowest BCUT2D eigenvalue weighted by Gasteiger charge is -2.20. The van der Waals surface area contributed by atoms with E-state index in [1.807, 2.05) is 0 Å². The summed E-state index contributed by atoms with van der Waals surface area (Å²) in [5.74, 6) is -0.394. The van der Waals surface area contributed by atoms with Gasteiger partial charge in [0.2, 0.25) is 0 Å². The number of phosphoric ester groups is 1. The zero-order valence-corrected chi connectivity index (χ0v) is 34.6. The van der Waals surface area contributed by atoms with Crippen LogP contribution in [-0.4, -0.2) is 66.3 Å². The highest BCUT2D eigenvalue weighted by Gasteiger charge is 2.26. The zero-order valence-electron chi connectivity index (χ0n) is 33.7. The third-order valence-corrected chi connectivity index (χ3v) is 9.73. The Kier molecular flexibility index (Phi) is 38.9. The van der Waals surface area contributed by atoms with Crippen molar-refractivity contribution in [3.8, 4) is 0 Å². The van der Waals surface area contributed by atoms with E-state index < -0.39 is 39.2 Å². The van der Waals surface area contributed by atoms with Crippen LogP contribution in [0.15, 0.2) is 48.6 Å². The number of esters is 1.